The molecular weight excluding hydrogens is 286 g/mol. The second kappa shape index (κ2) is 6.13. The molecule has 1 aliphatic heterocycles. The molecule has 7 heteroatoms. The van der Waals surface area contributed by atoms with Crippen LogP contribution >= 0.6 is 15.9 Å². The van der Waals surface area contributed by atoms with Crippen molar-refractivity contribution >= 4 is 27.7 Å². The second-order valence-electron chi connectivity index (χ2n) is 3.81. The summed E-state index contributed by atoms with van der Waals surface area (Å²) in [6, 6.07) is 0. The van der Waals surface area contributed by atoms with Crippen LogP contribution in [0.25, 0.3) is 0 Å². The van der Waals surface area contributed by atoms with Crippen molar-refractivity contribution in [1.82, 2.24) is 14.9 Å². The van der Waals surface area contributed by atoms with Crippen molar-refractivity contribution in [3.8, 4) is 0 Å². The number of hydrogen-bond acceptors (Lipinski definition) is 6. The van der Waals surface area contributed by atoms with Gasteiger partial charge >= 0.3 is 0 Å². The summed E-state index contributed by atoms with van der Waals surface area (Å²) >= 11 is 3.38. The zero-order valence-corrected chi connectivity index (χ0v) is 11.1. The topological polar surface area (TPSA) is 76.3 Å². The van der Waals surface area contributed by atoms with Gasteiger partial charge in [0.1, 0.15) is 5.82 Å². The monoisotopic (exact) mass is 301 g/mol. The number of anilines is 2. The predicted octanol–water partition coefficient (Wildman–Crippen LogP) is 0.565. The van der Waals surface area contributed by atoms with Crippen LogP contribution in [0.2, 0.25) is 0 Å². The maximum atomic E-state index is 5.53. The normalized spacial score (nSPS) is 17.0. The average molecular weight is 302 g/mol. The third kappa shape index (κ3) is 3.79. The van der Waals surface area contributed by atoms with Crippen LogP contribution in [0, 0.1) is 0 Å². The Labute approximate surface area is 109 Å². The highest BCUT2D eigenvalue weighted by atomic mass is 79.9. The number of nitrogens with one attached hydrogen (secondary N) is 1. The lowest BCUT2D eigenvalue weighted by Gasteiger charge is -2.26. The number of hydrogen-bond donors (Lipinski definition) is 2. The van der Waals surface area contributed by atoms with Crippen molar-refractivity contribution in [2.75, 3.05) is 50.4 Å². The molecule has 0 aromatic carbocycles. The molecule has 17 heavy (non-hydrogen) atoms. The molecule has 1 fully saturated rings. The smallest absolute Gasteiger partial charge is 0.221 e. The molecule has 1 aromatic heterocycles. The Morgan fingerprint density at radius 1 is 1.47 bits per heavy atom. The Kier molecular flexibility index (Phi) is 4.52. The first-order chi connectivity index (χ1) is 8.25. The minimum Gasteiger partial charge on any atom is -0.379 e. The van der Waals surface area contributed by atoms with E-state index in [1.165, 1.54) is 0 Å². The minimum atomic E-state index is 0.280. The third-order valence-electron chi connectivity index (χ3n) is 2.59. The minimum absolute atomic E-state index is 0.280. The quantitative estimate of drug-likeness (QED) is 0.846. The molecule has 1 aliphatic rings. The van der Waals surface area contributed by atoms with Crippen molar-refractivity contribution in [2.24, 2.45) is 0 Å². The van der Waals surface area contributed by atoms with Crippen LogP contribution in [-0.2, 0) is 4.74 Å². The van der Waals surface area contributed by atoms with Gasteiger partial charge in [0, 0.05) is 32.4 Å². The van der Waals surface area contributed by atoms with Gasteiger partial charge in [-0.05, 0) is 15.9 Å². The van der Waals surface area contributed by atoms with E-state index in [1.54, 1.807) is 6.20 Å². The molecule has 1 aromatic rings. The lowest BCUT2D eigenvalue weighted by molar-refractivity contribution is 0.0398. The Hall–Kier alpha value is -0.920. The second-order valence-corrected chi connectivity index (χ2v) is 4.66. The van der Waals surface area contributed by atoms with Crippen molar-refractivity contribution in [1.29, 1.82) is 0 Å². The number of nitrogens with zero attached hydrogens (tertiary/aromatic N) is 3. The van der Waals surface area contributed by atoms with Gasteiger partial charge < -0.3 is 15.8 Å². The first-order valence-corrected chi connectivity index (χ1v) is 6.37. The fraction of sp³-hybridized carbons (Fsp3) is 0.600. The molecular formula is C10H16BrN5O. The zero-order valence-electron chi connectivity index (χ0n) is 9.53. The van der Waals surface area contributed by atoms with Crippen molar-refractivity contribution < 1.29 is 4.74 Å². The molecule has 0 saturated carbocycles. The number of morpholine rings is 1. The van der Waals surface area contributed by atoms with Crippen molar-refractivity contribution in [2.45, 2.75) is 0 Å². The van der Waals surface area contributed by atoms with Gasteiger partial charge in [0.05, 0.1) is 17.7 Å². The van der Waals surface area contributed by atoms with Crippen LogP contribution in [0.1, 0.15) is 0 Å². The molecule has 0 unspecified atom stereocenters. The highest BCUT2D eigenvalue weighted by Gasteiger charge is 2.10. The van der Waals surface area contributed by atoms with E-state index in [2.05, 4.69) is 36.1 Å². The standard InChI is InChI=1S/C10H16BrN5O/c11-8-7-14-10(12)15-9(8)13-1-2-16-3-5-17-6-4-16/h7H,1-6H2,(H3,12,13,14,15). The number of nitrogens with two attached hydrogens (primary N) is 1. The van der Waals surface area contributed by atoms with Gasteiger partial charge in [-0.2, -0.15) is 4.98 Å². The lowest BCUT2D eigenvalue weighted by Crippen LogP contribution is -2.39. The van der Waals surface area contributed by atoms with Gasteiger partial charge in [-0.15, -0.1) is 0 Å². The Morgan fingerprint density at radius 2 is 2.24 bits per heavy atom. The number of halogens is 1. The summed E-state index contributed by atoms with van der Waals surface area (Å²) in [6.07, 6.45) is 1.65. The van der Waals surface area contributed by atoms with Crippen LogP contribution in [0.4, 0.5) is 11.8 Å². The summed E-state index contributed by atoms with van der Waals surface area (Å²) in [5.41, 5.74) is 5.53. The Morgan fingerprint density at radius 3 is 3.00 bits per heavy atom. The number of aromatic nitrogens is 2. The fourth-order valence-corrected chi connectivity index (χ4v) is 1.99. The summed E-state index contributed by atoms with van der Waals surface area (Å²) < 4.78 is 6.12. The van der Waals surface area contributed by atoms with Crippen LogP contribution in [0.5, 0.6) is 0 Å². The van der Waals surface area contributed by atoms with Crippen LogP contribution < -0.4 is 11.1 Å². The third-order valence-corrected chi connectivity index (χ3v) is 3.17. The first kappa shape index (κ1) is 12.5. The molecule has 94 valence electrons. The summed E-state index contributed by atoms with van der Waals surface area (Å²) in [4.78, 5) is 10.4. The summed E-state index contributed by atoms with van der Waals surface area (Å²) in [7, 11) is 0. The highest BCUT2D eigenvalue weighted by molar-refractivity contribution is 9.10. The molecule has 0 amide bonds. The first-order valence-electron chi connectivity index (χ1n) is 5.57. The van der Waals surface area contributed by atoms with Crippen LogP contribution in [0.3, 0.4) is 0 Å². The van der Waals surface area contributed by atoms with E-state index in [1.807, 2.05) is 0 Å². The molecule has 0 aliphatic carbocycles. The van der Waals surface area contributed by atoms with E-state index in [-0.39, 0.29) is 5.95 Å². The fourth-order valence-electron chi connectivity index (χ4n) is 1.66. The lowest BCUT2D eigenvalue weighted by atomic mass is 10.4. The maximum absolute atomic E-state index is 5.53. The van der Waals surface area contributed by atoms with E-state index in [4.69, 9.17) is 10.5 Å². The van der Waals surface area contributed by atoms with Crippen molar-refractivity contribution in [3.05, 3.63) is 10.7 Å². The van der Waals surface area contributed by atoms with E-state index in [9.17, 15) is 0 Å². The van der Waals surface area contributed by atoms with E-state index >= 15 is 0 Å². The summed E-state index contributed by atoms with van der Waals surface area (Å²) in [5.74, 6) is 1.02. The summed E-state index contributed by atoms with van der Waals surface area (Å²) in [6.45, 7) is 5.44. The Balaban J connectivity index is 1.79. The number of rotatable bonds is 4. The van der Waals surface area contributed by atoms with Gasteiger partial charge in [0.15, 0.2) is 0 Å². The molecule has 1 saturated heterocycles. The van der Waals surface area contributed by atoms with E-state index in [0.29, 0.717) is 0 Å². The molecule has 0 spiro atoms. The molecule has 6 nitrogen and oxygen atoms in total. The predicted molar refractivity (Wildman–Crippen MR) is 69.9 cm³/mol. The van der Waals surface area contributed by atoms with Crippen molar-refractivity contribution in [3.63, 3.8) is 0 Å². The number of nitrogen functional groups attached to an aromatic ring is 1. The van der Waals surface area contributed by atoms with Gasteiger partial charge in [-0.25, -0.2) is 4.98 Å². The molecule has 0 bridgehead atoms. The maximum Gasteiger partial charge on any atom is 0.221 e. The van der Waals surface area contributed by atoms with E-state index < -0.39 is 0 Å². The van der Waals surface area contributed by atoms with E-state index in [0.717, 1.165) is 49.7 Å². The average Bonchev–Trinajstić information content (AvgIpc) is 2.35. The molecule has 2 heterocycles. The number of ether oxygens (including phenoxy) is 1. The van der Waals surface area contributed by atoms with Crippen LogP contribution in [-0.4, -0.2) is 54.3 Å². The van der Waals surface area contributed by atoms with Gasteiger partial charge in [0.25, 0.3) is 0 Å². The van der Waals surface area contributed by atoms with Gasteiger partial charge in [-0.1, -0.05) is 0 Å². The molecule has 0 atom stereocenters. The zero-order chi connectivity index (χ0) is 12.1. The SMILES string of the molecule is Nc1ncc(Br)c(NCCN2CCOCC2)n1. The molecule has 3 N–H and O–H groups in total. The highest BCUT2D eigenvalue weighted by Crippen LogP contribution is 2.18. The summed E-state index contributed by atoms with van der Waals surface area (Å²) in [5, 5.41) is 3.24. The Bertz CT molecular complexity index is 370. The van der Waals surface area contributed by atoms with Gasteiger partial charge in [-0.3, -0.25) is 4.90 Å². The molecule has 0 radical (unpaired) electrons. The largest absolute Gasteiger partial charge is 0.379 e. The van der Waals surface area contributed by atoms with Gasteiger partial charge in [0.2, 0.25) is 5.95 Å². The van der Waals surface area contributed by atoms with Crippen LogP contribution in [0.15, 0.2) is 10.7 Å². The molecule has 2 rings (SSSR count).